The van der Waals surface area contributed by atoms with Gasteiger partial charge in [-0.2, -0.15) is 0 Å². The summed E-state index contributed by atoms with van der Waals surface area (Å²) in [7, 11) is 0. The molecule has 0 unspecified atom stereocenters. The van der Waals surface area contributed by atoms with Gasteiger partial charge in [-0.15, -0.1) is 0 Å². The maximum atomic E-state index is 11.7. The fourth-order valence-electron chi connectivity index (χ4n) is 1.73. The minimum atomic E-state index is -0.447. The molecule has 2 aromatic rings. The van der Waals surface area contributed by atoms with Crippen LogP contribution in [-0.2, 0) is 4.79 Å². The zero-order valence-electron chi connectivity index (χ0n) is 11.4. The lowest BCUT2D eigenvalue weighted by atomic mass is 10.2. The van der Waals surface area contributed by atoms with Crippen LogP contribution in [0.3, 0.4) is 0 Å². The molecule has 0 aromatic heterocycles. The number of hydrogen-bond donors (Lipinski definition) is 0. The third-order valence-corrected chi connectivity index (χ3v) is 2.94. The minimum absolute atomic E-state index is 0.133. The molecule has 0 bridgehead atoms. The molecule has 4 heteroatoms. The van der Waals surface area contributed by atoms with Crippen LogP contribution < -0.4 is 9.47 Å². The largest absolute Gasteiger partial charge is 0.482 e. The number of esters is 1. The van der Waals surface area contributed by atoms with Crippen molar-refractivity contribution in [3.8, 4) is 11.5 Å². The number of carbonyl (C=O) groups is 1. The quantitative estimate of drug-likeness (QED) is 0.632. The number of aryl methyl sites for hydroxylation is 2. The summed E-state index contributed by atoms with van der Waals surface area (Å²) in [6.45, 7) is 3.66. The summed E-state index contributed by atoms with van der Waals surface area (Å²) in [5.41, 5.74) is 1.88. The van der Waals surface area contributed by atoms with Crippen LogP contribution in [0.25, 0.3) is 0 Å². The van der Waals surface area contributed by atoms with E-state index in [-0.39, 0.29) is 6.61 Å². The van der Waals surface area contributed by atoms with Gasteiger partial charge in [0.15, 0.2) is 6.61 Å². The standard InChI is InChI=1S/C16H15ClO3/c1-11-4-3-5-14(8-11)19-10-16(18)20-15-7-6-13(17)9-12(15)2/h3-9H,10H2,1-2H3. The lowest BCUT2D eigenvalue weighted by Crippen LogP contribution is -2.18. The SMILES string of the molecule is Cc1cccc(OCC(=O)Oc2ccc(Cl)cc2C)c1. The van der Waals surface area contributed by atoms with Gasteiger partial charge in [-0.05, 0) is 55.3 Å². The molecule has 0 heterocycles. The molecule has 0 saturated carbocycles. The van der Waals surface area contributed by atoms with Crippen LogP contribution in [-0.4, -0.2) is 12.6 Å². The molecule has 2 aromatic carbocycles. The summed E-state index contributed by atoms with van der Waals surface area (Å²) in [5.74, 6) is 0.693. The van der Waals surface area contributed by atoms with E-state index in [1.165, 1.54) is 0 Å². The Balaban J connectivity index is 1.92. The highest BCUT2D eigenvalue weighted by molar-refractivity contribution is 6.30. The van der Waals surface area contributed by atoms with E-state index in [0.717, 1.165) is 11.1 Å². The topological polar surface area (TPSA) is 35.5 Å². The second-order valence-electron chi connectivity index (χ2n) is 4.49. The first-order chi connectivity index (χ1) is 9.54. The van der Waals surface area contributed by atoms with Crippen LogP contribution in [0, 0.1) is 13.8 Å². The van der Waals surface area contributed by atoms with E-state index < -0.39 is 5.97 Å². The number of halogens is 1. The average molecular weight is 291 g/mol. The lowest BCUT2D eigenvalue weighted by molar-refractivity contribution is -0.136. The van der Waals surface area contributed by atoms with E-state index in [2.05, 4.69) is 0 Å². The lowest BCUT2D eigenvalue weighted by Gasteiger charge is -2.09. The number of hydrogen-bond acceptors (Lipinski definition) is 3. The van der Waals surface area contributed by atoms with Gasteiger partial charge >= 0.3 is 5.97 Å². The summed E-state index contributed by atoms with van der Waals surface area (Å²) in [4.78, 5) is 11.7. The monoisotopic (exact) mass is 290 g/mol. The van der Waals surface area contributed by atoms with Crippen LogP contribution in [0.4, 0.5) is 0 Å². The van der Waals surface area contributed by atoms with Crippen molar-refractivity contribution in [1.29, 1.82) is 0 Å². The van der Waals surface area contributed by atoms with Crippen molar-refractivity contribution in [3.63, 3.8) is 0 Å². The molecule has 20 heavy (non-hydrogen) atoms. The highest BCUT2D eigenvalue weighted by Gasteiger charge is 2.08. The molecule has 0 fully saturated rings. The Bertz CT molecular complexity index is 623. The molecule has 0 aliphatic heterocycles. The molecule has 0 aliphatic carbocycles. The molecule has 0 saturated heterocycles. The second-order valence-corrected chi connectivity index (χ2v) is 4.93. The first-order valence-electron chi connectivity index (χ1n) is 6.21. The smallest absolute Gasteiger partial charge is 0.349 e. The Morgan fingerprint density at radius 2 is 1.95 bits per heavy atom. The summed E-state index contributed by atoms with van der Waals surface area (Å²) < 4.78 is 10.6. The van der Waals surface area contributed by atoms with E-state index in [1.54, 1.807) is 24.3 Å². The number of carbonyl (C=O) groups excluding carboxylic acids is 1. The van der Waals surface area contributed by atoms with Gasteiger partial charge in [-0.1, -0.05) is 23.7 Å². The molecule has 104 valence electrons. The van der Waals surface area contributed by atoms with Crippen molar-refractivity contribution in [2.24, 2.45) is 0 Å². The van der Waals surface area contributed by atoms with Gasteiger partial charge in [0.1, 0.15) is 11.5 Å². The third-order valence-electron chi connectivity index (χ3n) is 2.71. The fourth-order valence-corrected chi connectivity index (χ4v) is 1.95. The fraction of sp³-hybridized carbons (Fsp3) is 0.188. The first-order valence-corrected chi connectivity index (χ1v) is 6.59. The van der Waals surface area contributed by atoms with Gasteiger partial charge in [0.25, 0.3) is 0 Å². The molecule has 3 nitrogen and oxygen atoms in total. The molecular weight excluding hydrogens is 276 g/mol. The minimum Gasteiger partial charge on any atom is -0.482 e. The van der Waals surface area contributed by atoms with Crippen LogP contribution >= 0.6 is 11.6 Å². The predicted molar refractivity (Wildman–Crippen MR) is 78.5 cm³/mol. The van der Waals surface area contributed by atoms with Crippen LogP contribution in [0.5, 0.6) is 11.5 Å². The van der Waals surface area contributed by atoms with Gasteiger partial charge in [-0.3, -0.25) is 0 Å². The molecule has 0 radical (unpaired) electrons. The zero-order valence-corrected chi connectivity index (χ0v) is 12.1. The van der Waals surface area contributed by atoms with Gasteiger partial charge in [-0.25, -0.2) is 4.79 Å². The summed E-state index contributed by atoms with van der Waals surface area (Å²) in [6, 6.07) is 12.6. The molecule has 0 atom stereocenters. The molecule has 0 spiro atoms. The molecule has 0 N–H and O–H groups in total. The second kappa shape index (κ2) is 6.44. The van der Waals surface area contributed by atoms with Crippen LogP contribution in [0.1, 0.15) is 11.1 Å². The highest BCUT2D eigenvalue weighted by Crippen LogP contribution is 2.22. The van der Waals surface area contributed by atoms with Crippen molar-refractivity contribution in [2.75, 3.05) is 6.61 Å². The van der Waals surface area contributed by atoms with Crippen molar-refractivity contribution in [1.82, 2.24) is 0 Å². The Hall–Kier alpha value is -2.00. The first kappa shape index (κ1) is 14.4. The van der Waals surface area contributed by atoms with Crippen molar-refractivity contribution < 1.29 is 14.3 Å². The van der Waals surface area contributed by atoms with E-state index in [9.17, 15) is 4.79 Å². The van der Waals surface area contributed by atoms with Crippen molar-refractivity contribution in [3.05, 3.63) is 58.6 Å². The normalized spacial score (nSPS) is 10.2. The summed E-state index contributed by atoms with van der Waals surface area (Å²) in [6.07, 6.45) is 0. The highest BCUT2D eigenvalue weighted by atomic mass is 35.5. The van der Waals surface area contributed by atoms with Crippen LogP contribution in [0.15, 0.2) is 42.5 Å². The Labute approximate surface area is 123 Å². The molecule has 0 amide bonds. The van der Waals surface area contributed by atoms with Gasteiger partial charge < -0.3 is 9.47 Å². The zero-order chi connectivity index (χ0) is 14.5. The van der Waals surface area contributed by atoms with E-state index in [0.29, 0.717) is 16.5 Å². The molecule has 2 rings (SSSR count). The number of ether oxygens (including phenoxy) is 2. The Morgan fingerprint density at radius 1 is 1.15 bits per heavy atom. The Kier molecular flexibility index (Phi) is 4.64. The van der Waals surface area contributed by atoms with Gasteiger partial charge in [0, 0.05) is 5.02 Å². The predicted octanol–water partition coefficient (Wildman–Crippen LogP) is 3.94. The number of benzene rings is 2. The molecule has 0 aliphatic rings. The summed E-state index contributed by atoms with van der Waals surface area (Å²) in [5, 5.41) is 0.610. The maximum absolute atomic E-state index is 11.7. The summed E-state index contributed by atoms with van der Waals surface area (Å²) >= 11 is 5.84. The van der Waals surface area contributed by atoms with Crippen molar-refractivity contribution >= 4 is 17.6 Å². The van der Waals surface area contributed by atoms with E-state index >= 15 is 0 Å². The maximum Gasteiger partial charge on any atom is 0.349 e. The average Bonchev–Trinajstić information content (AvgIpc) is 2.40. The Morgan fingerprint density at radius 3 is 2.65 bits per heavy atom. The van der Waals surface area contributed by atoms with Crippen molar-refractivity contribution in [2.45, 2.75) is 13.8 Å². The van der Waals surface area contributed by atoms with E-state index in [4.69, 9.17) is 21.1 Å². The molecular formula is C16H15ClO3. The van der Waals surface area contributed by atoms with E-state index in [1.807, 2.05) is 32.0 Å². The van der Waals surface area contributed by atoms with Crippen LogP contribution in [0.2, 0.25) is 5.02 Å². The van der Waals surface area contributed by atoms with Gasteiger partial charge in [0.05, 0.1) is 0 Å². The third kappa shape index (κ3) is 4.00. The van der Waals surface area contributed by atoms with Gasteiger partial charge in [0.2, 0.25) is 0 Å². The number of rotatable bonds is 4.